The third-order valence-corrected chi connectivity index (χ3v) is 2.53. The average Bonchev–Trinajstić information content (AvgIpc) is 2.29. The monoisotopic (exact) mass is 232 g/mol. The van der Waals surface area contributed by atoms with Crippen LogP contribution in [-0.4, -0.2) is 11.1 Å². The zero-order chi connectivity index (χ0) is 11.5. The first kappa shape index (κ1) is 10.7. The molecule has 0 radical (unpaired) electrons. The van der Waals surface area contributed by atoms with Crippen LogP contribution in [0.3, 0.4) is 0 Å². The van der Waals surface area contributed by atoms with Crippen molar-refractivity contribution in [2.24, 2.45) is 0 Å². The van der Waals surface area contributed by atoms with Crippen molar-refractivity contribution in [2.75, 3.05) is 0 Å². The summed E-state index contributed by atoms with van der Waals surface area (Å²) in [5.74, 6) is -0.949. The minimum absolute atomic E-state index is 0.260. The van der Waals surface area contributed by atoms with Crippen molar-refractivity contribution in [1.82, 2.24) is 0 Å². The summed E-state index contributed by atoms with van der Waals surface area (Å²) < 4.78 is 0. The van der Waals surface area contributed by atoms with Crippen molar-refractivity contribution < 1.29 is 9.90 Å². The SMILES string of the molecule is O=C(O)c1ccc(Cl)cc1-c1ccccc1. The van der Waals surface area contributed by atoms with Crippen LogP contribution in [0.25, 0.3) is 11.1 Å². The maximum atomic E-state index is 11.1. The standard InChI is InChI=1S/C13H9ClO2/c14-10-6-7-11(13(15)16)12(8-10)9-4-2-1-3-5-9/h1-8H,(H,15,16). The largest absolute Gasteiger partial charge is 0.478 e. The topological polar surface area (TPSA) is 37.3 Å². The van der Waals surface area contributed by atoms with Gasteiger partial charge in [0.25, 0.3) is 0 Å². The molecular weight excluding hydrogens is 224 g/mol. The van der Waals surface area contributed by atoms with Gasteiger partial charge in [0.1, 0.15) is 0 Å². The van der Waals surface area contributed by atoms with Crippen molar-refractivity contribution >= 4 is 17.6 Å². The van der Waals surface area contributed by atoms with Gasteiger partial charge in [0.15, 0.2) is 0 Å². The molecule has 0 aromatic heterocycles. The number of halogens is 1. The zero-order valence-electron chi connectivity index (χ0n) is 8.35. The van der Waals surface area contributed by atoms with E-state index in [2.05, 4.69) is 0 Å². The number of rotatable bonds is 2. The second kappa shape index (κ2) is 4.37. The molecule has 16 heavy (non-hydrogen) atoms. The normalized spacial score (nSPS) is 10.1. The van der Waals surface area contributed by atoms with Crippen molar-refractivity contribution in [3.63, 3.8) is 0 Å². The maximum Gasteiger partial charge on any atom is 0.336 e. The van der Waals surface area contributed by atoms with Crippen LogP contribution in [0.15, 0.2) is 48.5 Å². The van der Waals surface area contributed by atoms with E-state index in [1.807, 2.05) is 30.3 Å². The molecule has 0 heterocycles. The molecule has 2 rings (SSSR count). The van der Waals surface area contributed by atoms with Gasteiger partial charge in [-0.25, -0.2) is 4.79 Å². The highest BCUT2D eigenvalue weighted by molar-refractivity contribution is 6.31. The smallest absolute Gasteiger partial charge is 0.336 e. The first-order chi connectivity index (χ1) is 7.68. The average molecular weight is 233 g/mol. The summed E-state index contributed by atoms with van der Waals surface area (Å²) in [6, 6.07) is 14.1. The Kier molecular flexibility index (Phi) is 2.93. The third kappa shape index (κ3) is 2.07. The van der Waals surface area contributed by atoms with Gasteiger partial charge in [-0.15, -0.1) is 0 Å². The number of hydrogen-bond acceptors (Lipinski definition) is 1. The lowest BCUT2D eigenvalue weighted by Crippen LogP contribution is -1.99. The van der Waals surface area contributed by atoms with E-state index >= 15 is 0 Å². The Labute approximate surface area is 98.1 Å². The fourth-order valence-electron chi connectivity index (χ4n) is 1.56. The molecule has 0 bridgehead atoms. The van der Waals surface area contributed by atoms with Gasteiger partial charge in [-0.05, 0) is 29.3 Å². The lowest BCUT2D eigenvalue weighted by Gasteiger charge is -2.06. The van der Waals surface area contributed by atoms with E-state index in [1.54, 1.807) is 12.1 Å². The van der Waals surface area contributed by atoms with Crippen LogP contribution in [0.5, 0.6) is 0 Å². The summed E-state index contributed by atoms with van der Waals surface area (Å²) in [6.45, 7) is 0. The third-order valence-electron chi connectivity index (χ3n) is 2.30. The summed E-state index contributed by atoms with van der Waals surface area (Å²) in [4.78, 5) is 11.1. The van der Waals surface area contributed by atoms with Crippen molar-refractivity contribution in [3.05, 3.63) is 59.1 Å². The van der Waals surface area contributed by atoms with Crippen LogP contribution >= 0.6 is 11.6 Å². The van der Waals surface area contributed by atoms with Crippen molar-refractivity contribution in [2.45, 2.75) is 0 Å². The van der Waals surface area contributed by atoms with Crippen LogP contribution in [0, 0.1) is 0 Å². The Morgan fingerprint density at radius 3 is 2.38 bits per heavy atom. The minimum atomic E-state index is -0.949. The van der Waals surface area contributed by atoms with E-state index in [0.29, 0.717) is 10.6 Å². The lowest BCUT2D eigenvalue weighted by atomic mass is 10.00. The predicted octanol–water partition coefficient (Wildman–Crippen LogP) is 3.71. The molecule has 2 aromatic rings. The molecule has 0 unspecified atom stereocenters. The second-order valence-electron chi connectivity index (χ2n) is 3.36. The van der Waals surface area contributed by atoms with Crippen molar-refractivity contribution in [3.8, 4) is 11.1 Å². The van der Waals surface area contributed by atoms with E-state index in [4.69, 9.17) is 16.7 Å². The molecule has 1 N–H and O–H groups in total. The van der Waals surface area contributed by atoms with E-state index < -0.39 is 5.97 Å². The zero-order valence-corrected chi connectivity index (χ0v) is 9.11. The summed E-state index contributed by atoms with van der Waals surface area (Å²) in [6.07, 6.45) is 0. The molecule has 2 nitrogen and oxygen atoms in total. The summed E-state index contributed by atoms with van der Waals surface area (Å²) >= 11 is 5.88. The van der Waals surface area contributed by atoms with E-state index in [1.165, 1.54) is 6.07 Å². The van der Waals surface area contributed by atoms with Gasteiger partial charge in [0, 0.05) is 5.02 Å². The fraction of sp³-hybridized carbons (Fsp3) is 0. The molecular formula is C13H9ClO2. The molecule has 0 amide bonds. The van der Waals surface area contributed by atoms with Crippen LogP contribution in [0.4, 0.5) is 0 Å². The first-order valence-electron chi connectivity index (χ1n) is 4.77. The van der Waals surface area contributed by atoms with Crippen molar-refractivity contribution in [1.29, 1.82) is 0 Å². The summed E-state index contributed by atoms with van der Waals surface area (Å²) in [7, 11) is 0. The summed E-state index contributed by atoms with van der Waals surface area (Å²) in [5, 5.41) is 9.61. The Bertz CT molecular complexity index is 521. The van der Waals surface area contributed by atoms with E-state index in [9.17, 15) is 4.79 Å². The lowest BCUT2D eigenvalue weighted by molar-refractivity contribution is 0.0698. The van der Waals surface area contributed by atoms with Gasteiger partial charge >= 0.3 is 5.97 Å². The van der Waals surface area contributed by atoms with Gasteiger partial charge in [-0.1, -0.05) is 41.9 Å². The highest BCUT2D eigenvalue weighted by Gasteiger charge is 2.11. The molecule has 0 aliphatic carbocycles. The van der Waals surface area contributed by atoms with Gasteiger partial charge < -0.3 is 5.11 Å². The number of benzene rings is 2. The quantitative estimate of drug-likeness (QED) is 0.857. The fourth-order valence-corrected chi connectivity index (χ4v) is 1.73. The van der Waals surface area contributed by atoms with E-state index in [0.717, 1.165) is 5.56 Å². The molecule has 0 saturated carbocycles. The first-order valence-corrected chi connectivity index (χ1v) is 5.14. The molecule has 80 valence electrons. The van der Waals surface area contributed by atoms with E-state index in [-0.39, 0.29) is 5.56 Å². The Morgan fingerprint density at radius 2 is 1.75 bits per heavy atom. The molecule has 2 aromatic carbocycles. The highest BCUT2D eigenvalue weighted by Crippen LogP contribution is 2.26. The number of carboxylic acid groups (broad SMARTS) is 1. The molecule has 0 aliphatic rings. The molecule has 3 heteroatoms. The van der Waals surface area contributed by atoms with Gasteiger partial charge in [-0.3, -0.25) is 0 Å². The number of carbonyl (C=O) groups is 1. The Hall–Kier alpha value is -1.80. The molecule has 0 spiro atoms. The van der Waals surface area contributed by atoms with Gasteiger partial charge in [-0.2, -0.15) is 0 Å². The molecule has 0 fully saturated rings. The van der Waals surface area contributed by atoms with Crippen LogP contribution in [0.2, 0.25) is 5.02 Å². The number of aromatic carboxylic acids is 1. The Balaban J connectivity index is 2.63. The summed E-state index contributed by atoms with van der Waals surface area (Å²) in [5.41, 5.74) is 1.75. The van der Waals surface area contributed by atoms with Gasteiger partial charge in [0.05, 0.1) is 5.56 Å². The molecule has 0 saturated heterocycles. The van der Waals surface area contributed by atoms with Crippen LogP contribution < -0.4 is 0 Å². The number of carboxylic acids is 1. The highest BCUT2D eigenvalue weighted by atomic mass is 35.5. The van der Waals surface area contributed by atoms with Gasteiger partial charge in [0.2, 0.25) is 0 Å². The minimum Gasteiger partial charge on any atom is -0.478 e. The van der Waals surface area contributed by atoms with Crippen LogP contribution in [-0.2, 0) is 0 Å². The molecule has 0 atom stereocenters. The number of hydrogen-bond donors (Lipinski definition) is 1. The van der Waals surface area contributed by atoms with Crippen LogP contribution in [0.1, 0.15) is 10.4 Å². The Morgan fingerprint density at radius 1 is 1.06 bits per heavy atom. The predicted molar refractivity (Wildman–Crippen MR) is 63.8 cm³/mol. The maximum absolute atomic E-state index is 11.1. The second-order valence-corrected chi connectivity index (χ2v) is 3.80. The molecule has 0 aliphatic heterocycles.